The number of carbonyl (C=O) groups is 2. The average Bonchev–Trinajstić information content (AvgIpc) is 2.74. The number of benzene rings is 1. The van der Waals surface area contributed by atoms with Crippen LogP contribution in [0.1, 0.15) is 20.8 Å². The Hall–Kier alpha value is -2.83. The maximum Gasteiger partial charge on any atom is 0.339 e. The quantitative estimate of drug-likeness (QED) is 0.717. The minimum atomic E-state index is -1.22. The highest BCUT2D eigenvalue weighted by Crippen LogP contribution is 2.15. The Morgan fingerprint density at radius 2 is 1.89 bits per heavy atom. The van der Waals surface area contributed by atoms with Crippen LogP contribution < -0.4 is 5.32 Å². The van der Waals surface area contributed by atoms with Crippen molar-refractivity contribution in [2.45, 2.75) is 0 Å². The second-order valence-electron chi connectivity index (χ2n) is 3.87. The van der Waals surface area contributed by atoms with Crippen LogP contribution in [-0.4, -0.2) is 31.9 Å². The molecule has 0 bridgehead atoms. The van der Waals surface area contributed by atoms with Crippen molar-refractivity contribution in [1.82, 2.24) is 9.78 Å². The highest BCUT2D eigenvalue weighted by Gasteiger charge is 2.20. The molecule has 0 unspecified atom stereocenters. The van der Waals surface area contributed by atoms with Crippen molar-refractivity contribution in [3.63, 3.8) is 0 Å². The molecule has 7 nitrogen and oxygen atoms in total. The van der Waals surface area contributed by atoms with Gasteiger partial charge in [-0.1, -0.05) is 0 Å². The van der Waals surface area contributed by atoms with E-state index in [1.807, 2.05) is 0 Å². The first-order valence-corrected chi connectivity index (χ1v) is 5.34. The van der Waals surface area contributed by atoms with Gasteiger partial charge in [-0.15, -0.1) is 0 Å². The van der Waals surface area contributed by atoms with E-state index in [4.69, 9.17) is 10.2 Å². The van der Waals surface area contributed by atoms with Crippen LogP contribution in [0, 0.1) is 0 Å². The van der Waals surface area contributed by atoms with Crippen LogP contribution in [0.25, 0.3) is 0 Å². The lowest BCUT2D eigenvalue weighted by atomic mass is 10.2. The van der Waals surface area contributed by atoms with Crippen LogP contribution in [0.5, 0.6) is 5.75 Å². The molecule has 1 aromatic carbocycles. The summed E-state index contributed by atoms with van der Waals surface area (Å²) in [6, 6.07) is 5.81. The Bertz CT molecular complexity index is 631. The number of nitrogens with one attached hydrogen (secondary N) is 1. The van der Waals surface area contributed by atoms with Gasteiger partial charge >= 0.3 is 5.97 Å². The number of anilines is 1. The van der Waals surface area contributed by atoms with Crippen molar-refractivity contribution >= 4 is 17.6 Å². The zero-order valence-corrected chi connectivity index (χ0v) is 9.99. The number of hydrogen-bond acceptors (Lipinski definition) is 4. The fourth-order valence-corrected chi connectivity index (χ4v) is 1.55. The first-order chi connectivity index (χ1) is 8.97. The Balaban J connectivity index is 2.25. The summed E-state index contributed by atoms with van der Waals surface area (Å²) in [4.78, 5) is 22.9. The molecular formula is C12H11N3O4. The third kappa shape index (κ3) is 2.71. The van der Waals surface area contributed by atoms with Gasteiger partial charge < -0.3 is 15.5 Å². The minimum absolute atomic E-state index is 0.0714. The fraction of sp³-hybridized carbons (Fsp3) is 0.0833. The van der Waals surface area contributed by atoms with Crippen molar-refractivity contribution in [1.29, 1.82) is 0 Å². The van der Waals surface area contributed by atoms with Gasteiger partial charge in [0.15, 0.2) is 5.69 Å². The summed E-state index contributed by atoms with van der Waals surface area (Å²) in [5.41, 5.74) is 0.103. The number of phenolic OH excluding ortho intramolecular Hbond substituents is 1. The molecule has 1 amide bonds. The summed E-state index contributed by atoms with van der Waals surface area (Å²) in [5.74, 6) is -1.77. The first kappa shape index (κ1) is 12.6. The van der Waals surface area contributed by atoms with Gasteiger partial charge in [-0.25, -0.2) is 4.79 Å². The Labute approximate surface area is 108 Å². The van der Waals surface area contributed by atoms with Crippen LogP contribution >= 0.6 is 0 Å². The molecule has 7 heteroatoms. The summed E-state index contributed by atoms with van der Waals surface area (Å²) >= 11 is 0. The predicted octanol–water partition coefficient (Wildman–Crippen LogP) is 1.08. The minimum Gasteiger partial charge on any atom is -0.508 e. The van der Waals surface area contributed by atoms with Crippen molar-refractivity contribution in [3.8, 4) is 5.75 Å². The Morgan fingerprint density at radius 1 is 1.26 bits per heavy atom. The number of carbonyl (C=O) groups excluding carboxylic acids is 1. The number of aromatic hydroxyl groups is 1. The van der Waals surface area contributed by atoms with Crippen LogP contribution in [0.15, 0.2) is 30.5 Å². The zero-order valence-electron chi connectivity index (χ0n) is 9.99. The van der Waals surface area contributed by atoms with Crippen molar-refractivity contribution in [2.75, 3.05) is 5.32 Å². The number of aryl methyl sites for hydroxylation is 1. The lowest BCUT2D eigenvalue weighted by Gasteiger charge is -2.03. The molecule has 19 heavy (non-hydrogen) atoms. The van der Waals surface area contributed by atoms with Crippen molar-refractivity contribution in [3.05, 3.63) is 41.7 Å². The largest absolute Gasteiger partial charge is 0.508 e. The molecule has 0 radical (unpaired) electrons. The summed E-state index contributed by atoms with van der Waals surface area (Å²) in [6.07, 6.45) is 1.26. The molecule has 2 rings (SSSR count). The van der Waals surface area contributed by atoms with E-state index in [2.05, 4.69) is 10.4 Å². The number of aromatic carboxylic acids is 1. The van der Waals surface area contributed by atoms with Crippen molar-refractivity contribution < 1.29 is 19.8 Å². The maximum absolute atomic E-state index is 11.9. The van der Waals surface area contributed by atoms with Crippen LogP contribution in [0.4, 0.5) is 5.69 Å². The molecule has 1 heterocycles. The van der Waals surface area contributed by atoms with Gasteiger partial charge in [-0.2, -0.15) is 5.10 Å². The number of amides is 1. The molecular weight excluding hydrogens is 250 g/mol. The predicted molar refractivity (Wildman–Crippen MR) is 66.2 cm³/mol. The molecule has 0 aliphatic rings. The van der Waals surface area contributed by atoms with Gasteiger partial charge in [0.25, 0.3) is 5.91 Å². The molecule has 98 valence electrons. The van der Waals surface area contributed by atoms with E-state index >= 15 is 0 Å². The molecule has 0 spiro atoms. The monoisotopic (exact) mass is 261 g/mol. The zero-order chi connectivity index (χ0) is 14.0. The number of nitrogens with zero attached hydrogens (tertiary/aromatic N) is 2. The number of rotatable bonds is 3. The standard InChI is InChI=1S/C12H11N3O4/c1-15-6-9(12(18)19)10(14-15)11(17)13-7-2-4-8(16)5-3-7/h2-6,16H,1H3,(H,13,17)(H,18,19). The second-order valence-corrected chi connectivity index (χ2v) is 3.87. The molecule has 0 saturated heterocycles. The Morgan fingerprint density at radius 3 is 2.47 bits per heavy atom. The van der Waals surface area contributed by atoms with Crippen LogP contribution in [0.2, 0.25) is 0 Å². The first-order valence-electron chi connectivity index (χ1n) is 5.34. The van der Waals surface area contributed by atoms with Crippen LogP contribution in [0.3, 0.4) is 0 Å². The SMILES string of the molecule is Cn1cc(C(=O)O)c(C(=O)Nc2ccc(O)cc2)n1. The van der Waals surface area contributed by atoms with E-state index in [9.17, 15) is 9.59 Å². The van der Waals surface area contributed by atoms with E-state index < -0.39 is 11.9 Å². The van der Waals surface area contributed by atoms with E-state index in [0.29, 0.717) is 5.69 Å². The van der Waals surface area contributed by atoms with Gasteiger partial charge in [0.2, 0.25) is 0 Å². The third-order valence-electron chi connectivity index (χ3n) is 2.40. The van der Waals surface area contributed by atoms with Crippen LogP contribution in [-0.2, 0) is 7.05 Å². The molecule has 0 aliphatic heterocycles. The second kappa shape index (κ2) is 4.81. The summed E-state index contributed by atoms with van der Waals surface area (Å²) in [7, 11) is 1.53. The number of carboxylic acids is 1. The number of aromatic nitrogens is 2. The maximum atomic E-state index is 11.9. The highest BCUT2D eigenvalue weighted by molar-refractivity contribution is 6.09. The van der Waals surface area contributed by atoms with Gasteiger partial charge in [-0.3, -0.25) is 9.48 Å². The number of phenols is 1. The molecule has 0 aliphatic carbocycles. The lowest BCUT2D eigenvalue weighted by molar-refractivity contribution is 0.0692. The molecule has 0 saturated carbocycles. The molecule has 0 fully saturated rings. The average molecular weight is 261 g/mol. The summed E-state index contributed by atoms with van der Waals surface area (Å²) in [6.45, 7) is 0. The smallest absolute Gasteiger partial charge is 0.339 e. The molecule has 1 aromatic heterocycles. The van der Waals surface area contributed by atoms with Gasteiger partial charge in [-0.05, 0) is 24.3 Å². The van der Waals surface area contributed by atoms with Crippen molar-refractivity contribution in [2.24, 2.45) is 7.05 Å². The lowest BCUT2D eigenvalue weighted by Crippen LogP contribution is -2.16. The van der Waals surface area contributed by atoms with Gasteiger partial charge in [0.05, 0.1) is 0 Å². The summed E-state index contributed by atoms with van der Waals surface area (Å²) in [5, 5.41) is 24.4. The van der Waals surface area contributed by atoms with E-state index in [0.717, 1.165) is 0 Å². The normalized spacial score (nSPS) is 10.2. The highest BCUT2D eigenvalue weighted by atomic mass is 16.4. The Kier molecular flexibility index (Phi) is 3.19. The fourth-order valence-electron chi connectivity index (χ4n) is 1.55. The van der Waals surface area contributed by atoms with E-state index in [1.165, 1.54) is 42.2 Å². The summed E-state index contributed by atoms with van der Waals surface area (Å²) < 4.78 is 1.26. The molecule has 2 aromatic rings. The van der Waals surface area contributed by atoms with E-state index in [1.54, 1.807) is 0 Å². The molecule has 0 atom stereocenters. The number of hydrogen-bond donors (Lipinski definition) is 3. The number of carboxylic acid groups (broad SMARTS) is 1. The van der Waals surface area contributed by atoms with E-state index in [-0.39, 0.29) is 17.0 Å². The van der Waals surface area contributed by atoms with Gasteiger partial charge in [0.1, 0.15) is 11.3 Å². The topological polar surface area (TPSA) is 104 Å². The van der Waals surface area contributed by atoms with Gasteiger partial charge in [0, 0.05) is 18.9 Å². The molecule has 3 N–H and O–H groups in total. The third-order valence-corrected chi connectivity index (χ3v) is 2.40.